The van der Waals surface area contributed by atoms with Gasteiger partial charge in [-0.3, -0.25) is 9.69 Å². The summed E-state index contributed by atoms with van der Waals surface area (Å²) < 4.78 is 10.5. The molecule has 0 aliphatic carbocycles. The topological polar surface area (TPSA) is 72.0 Å². The van der Waals surface area contributed by atoms with Gasteiger partial charge in [0.15, 0.2) is 0 Å². The van der Waals surface area contributed by atoms with Crippen molar-refractivity contribution in [2.45, 2.75) is 6.04 Å². The van der Waals surface area contributed by atoms with Crippen molar-refractivity contribution in [2.75, 3.05) is 40.4 Å². The second-order valence-corrected chi connectivity index (χ2v) is 8.78. The summed E-state index contributed by atoms with van der Waals surface area (Å²) in [5.41, 5.74) is 1.96. The summed E-state index contributed by atoms with van der Waals surface area (Å²) >= 11 is 7.77. The predicted molar refractivity (Wildman–Crippen MR) is 128 cm³/mol. The number of piperazine rings is 1. The highest BCUT2D eigenvalue weighted by Gasteiger charge is 2.34. The molecule has 0 radical (unpaired) electrons. The number of hydrogen-bond acceptors (Lipinski definition) is 7. The third-order valence-corrected chi connectivity index (χ3v) is 6.87. The van der Waals surface area contributed by atoms with E-state index in [4.69, 9.17) is 21.1 Å². The maximum absolute atomic E-state index is 13.1. The predicted octanol–water partition coefficient (Wildman–Crippen LogP) is 4.14. The van der Waals surface area contributed by atoms with Crippen molar-refractivity contribution < 1.29 is 19.1 Å². The number of benzene rings is 2. The Morgan fingerprint density at radius 1 is 1.03 bits per heavy atom. The van der Waals surface area contributed by atoms with Crippen LogP contribution in [0.2, 0.25) is 5.02 Å². The number of halogens is 1. The van der Waals surface area contributed by atoms with Crippen molar-refractivity contribution in [3.63, 3.8) is 0 Å². The molecule has 0 N–H and O–H groups in total. The quantitative estimate of drug-likeness (QED) is 0.488. The summed E-state index contributed by atoms with van der Waals surface area (Å²) in [6, 6.07) is 14.2. The van der Waals surface area contributed by atoms with E-state index < -0.39 is 6.04 Å². The molecule has 172 valence electrons. The fraction of sp³-hybridized carbons (Fsp3) is 0.292. The molecule has 0 bridgehead atoms. The molecule has 2 aromatic carbocycles. The molecule has 1 fully saturated rings. The molecular weight excluding hydrogens is 462 g/mol. The van der Waals surface area contributed by atoms with Crippen LogP contribution in [0.5, 0.6) is 5.75 Å². The summed E-state index contributed by atoms with van der Waals surface area (Å²) in [6.07, 6.45) is 0. The van der Waals surface area contributed by atoms with Crippen LogP contribution in [0.15, 0.2) is 53.9 Å². The summed E-state index contributed by atoms with van der Waals surface area (Å²) in [4.78, 5) is 34.0. The summed E-state index contributed by atoms with van der Waals surface area (Å²) in [7, 11) is 2.98. The van der Waals surface area contributed by atoms with Crippen LogP contribution in [0.1, 0.15) is 22.1 Å². The van der Waals surface area contributed by atoms with Gasteiger partial charge in [-0.2, -0.15) is 0 Å². The molecule has 0 saturated carbocycles. The van der Waals surface area contributed by atoms with Gasteiger partial charge < -0.3 is 14.4 Å². The van der Waals surface area contributed by atoms with E-state index in [0.717, 1.165) is 10.6 Å². The Morgan fingerprint density at radius 3 is 2.42 bits per heavy atom. The Hall–Kier alpha value is -2.94. The number of carbonyl (C=O) groups is 2. The summed E-state index contributed by atoms with van der Waals surface area (Å²) in [5.74, 6) is 0.219. The van der Waals surface area contributed by atoms with E-state index in [1.54, 1.807) is 23.5 Å². The number of para-hydroxylation sites is 1. The molecule has 33 heavy (non-hydrogen) atoms. The molecule has 1 unspecified atom stereocenters. The van der Waals surface area contributed by atoms with Crippen molar-refractivity contribution in [1.29, 1.82) is 0 Å². The van der Waals surface area contributed by atoms with Crippen LogP contribution < -0.4 is 4.74 Å². The molecule has 1 atom stereocenters. The summed E-state index contributed by atoms with van der Waals surface area (Å²) in [5, 5.41) is 3.02. The Morgan fingerprint density at radius 2 is 1.73 bits per heavy atom. The number of aromatic nitrogens is 1. The van der Waals surface area contributed by atoms with Gasteiger partial charge in [0.2, 0.25) is 0 Å². The second kappa shape index (κ2) is 10.3. The van der Waals surface area contributed by atoms with Gasteiger partial charge >= 0.3 is 5.97 Å². The third kappa shape index (κ3) is 4.88. The summed E-state index contributed by atoms with van der Waals surface area (Å²) in [6.45, 7) is 1.97. The number of esters is 1. The van der Waals surface area contributed by atoms with Crippen LogP contribution in [-0.2, 0) is 9.53 Å². The number of thiazole rings is 1. The lowest BCUT2D eigenvalue weighted by molar-refractivity contribution is -0.148. The number of nitrogens with zero attached hydrogens (tertiary/aromatic N) is 3. The van der Waals surface area contributed by atoms with Crippen LogP contribution in [0.3, 0.4) is 0 Å². The third-order valence-electron chi connectivity index (χ3n) is 5.65. The van der Waals surface area contributed by atoms with E-state index in [2.05, 4.69) is 4.98 Å². The lowest BCUT2D eigenvalue weighted by Crippen LogP contribution is -2.51. The number of rotatable bonds is 6. The first-order valence-corrected chi connectivity index (χ1v) is 11.7. The Kier molecular flexibility index (Phi) is 7.27. The smallest absolute Gasteiger partial charge is 0.327 e. The fourth-order valence-corrected chi connectivity index (χ4v) is 5.01. The zero-order valence-corrected chi connectivity index (χ0v) is 19.9. The zero-order valence-electron chi connectivity index (χ0n) is 18.4. The van der Waals surface area contributed by atoms with Gasteiger partial charge in [0, 0.05) is 36.6 Å². The second-order valence-electron chi connectivity index (χ2n) is 7.51. The number of ether oxygens (including phenoxy) is 2. The van der Waals surface area contributed by atoms with Crippen molar-refractivity contribution in [3.8, 4) is 16.3 Å². The Labute approximate surface area is 201 Å². The van der Waals surface area contributed by atoms with Crippen LogP contribution >= 0.6 is 22.9 Å². The van der Waals surface area contributed by atoms with Crippen molar-refractivity contribution in [3.05, 3.63) is 70.2 Å². The maximum atomic E-state index is 13.1. The first kappa shape index (κ1) is 23.2. The number of carbonyl (C=O) groups excluding carboxylic acids is 2. The van der Waals surface area contributed by atoms with E-state index in [1.807, 2.05) is 47.4 Å². The van der Waals surface area contributed by atoms with Gasteiger partial charge in [-0.1, -0.05) is 41.9 Å². The Balaban J connectivity index is 1.46. The highest BCUT2D eigenvalue weighted by molar-refractivity contribution is 7.13. The molecule has 9 heteroatoms. The normalized spacial score (nSPS) is 15.2. The van der Waals surface area contributed by atoms with Crippen LogP contribution in [0, 0.1) is 0 Å². The van der Waals surface area contributed by atoms with Gasteiger partial charge in [-0.05, 0) is 23.8 Å². The Bertz CT molecular complexity index is 1140. The van der Waals surface area contributed by atoms with Gasteiger partial charge in [-0.25, -0.2) is 9.78 Å². The highest BCUT2D eigenvalue weighted by Crippen LogP contribution is 2.33. The van der Waals surface area contributed by atoms with Gasteiger partial charge in [0.05, 0.1) is 19.8 Å². The fourth-order valence-electron chi connectivity index (χ4n) is 3.94. The van der Waals surface area contributed by atoms with Gasteiger partial charge in [0.1, 0.15) is 22.5 Å². The van der Waals surface area contributed by atoms with Crippen molar-refractivity contribution in [2.24, 2.45) is 0 Å². The van der Waals surface area contributed by atoms with Crippen LogP contribution in [0.25, 0.3) is 10.6 Å². The molecular formula is C24H24ClN3O4S. The minimum absolute atomic E-state index is 0.126. The lowest BCUT2D eigenvalue weighted by Gasteiger charge is -2.38. The standard InChI is InChI=1S/C24H24ClN3O4S/c1-31-20-10-6-4-8-17(20)22-26-19(15-33-22)23(29)28-13-11-27(12-14-28)21(24(30)32-2)16-7-3-5-9-18(16)25/h3-10,15,21H,11-14H2,1-2H3. The SMILES string of the molecule is COC(=O)C(c1ccccc1Cl)N1CCN(C(=O)c2csc(-c3ccccc3OC)n2)CC1. The largest absolute Gasteiger partial charge is 0.496 e. The number of amides is 1. The average Bonchev–Trinajstić information content (AvgIpc) is 3.35. The lowest BCUT2D eigenvalue weighted by atomic mass is 10.0. The van der Waals surface area contributed by atoms with Gasteiger partial charge in [0.25, 0.3) is 5.91 Å². The molecule has 3 aromatic rings. The zero-order chi connectivity index (χ0) is 23.4. The van der Waals surface area contributed by atoms with Crippen molar-refractivity contribution in [1.82, 2.24) is 14.8 Å². The van der Waals surface area contributed by atoms with E-state index in [0.29, 0.717) is 48.2 Å². The average molecular weight is 486 g/mol. The molecule has 7 nitrogen and oxygen atoms in total. The monoisotopic (exact) mass is 485 g/mol. The molecule has 2 heterocycles. The van der Waals surface area contributed by atoms with Crippen LogP contribution in [0.4, 0.5) is 0 Å². The maximum Gasteiger partial charge on any atom is 0.327 e. The molecule has 1 aliphatic heterocycles. The van der Waals surface area contributed by atoms with E-state index >= 15 is 0 Å². The van der Waals surface area contributed by atoms with E-state index in [9.17, 15) is 9.59 Å². The molecule has 1 aliphatic rings. The van der Waals surface area contributed by atoms with Gasteiger partial charge in [-0.15, -0.1) is 11.3 Å². The van der Waals surface area contributed by atoms with Crippen molar-refractivity contribution >= 4 is 34.8 Å². The number of hydrogen-bond donors (Lipinski definition) is 0. The molecule has 1 saturated heterocycles. The molecule has 1 amide bonds. The molecule has 1 aromatic heterocycles. The van der Waals surface area contributed by atoms with E-state index in [-0.39, 0.29) is 11.9 Å². The minimum Gasteiger partial charge on any atom is -0.496 e. The number of methoxy groups -OCH3 is 2. The first-order chi connectivity index (χ1) is 16.0. The van der Waals surface area contributed by atoms with E-state index in [1.165, 1.54) is 18.4 Å². The first-order valence-electron chi connectivity index (χ1n) is 10.5. The molecule has 0 spiro atoms. The molecule has 4 rings (SSSR count). The highest BCUT2D eigenvalue weighted by atomic mass is 35.5. The minimum atomic E-state index is -0.614. The van der Waals surface area contributed by atoms with Crippen LogP contribution in [-0.4, -0.2) is 67.1 Å².